The van der Waals surface area contributed by atoms with Crippen LogP contribution in [0.25, 0.3) is 0 Å². The molecule has 2 rings (SSSR count). The van der Waals surface area contributed by atoms with Gasteiger partial charge in [0.05, 0.1) is 36.6 Å². The molecule has 1 unspecified atom stereocenters. The van der Waals surface area contributed by atoms with Crippen LogP contribution in [0, 0.1) is 6.92 Å². The van der Waals surface area contributed by atoms with E-state index < -0.39 is 0 Å². The maximum atomic E-state index is 6.06. The Labute approximate surface area is 124 Å². The van der Waals surface area contributed by atoms with Crippen LogP contribution in [0.4, 0.5) is 0 Å². The minimum absolute atomic E-state index is 0.195. The molecule has 0 saturated carbocycles. The zero-order valence-corrected chi connectivity index (χ0v) is 12.8. The topological polar surface area (TPSA) is 39.1 Å². The Kier molecular flexibility index (Phi) is 5.04. The molecule has 0 saturated heterocycles. The molecule has 0 aliphatic rings. The van der Waals surface area contributed by atoms with E-state index in [1.54, 1.807) is 13.3 Å². The normalized spacial score (nSPS) is 12.4. The first-order valence-corrected chi connectivity index (χ1v) is 7.08. The van der Waals surface area contributed by atoms with Gasteiger partial charge in [0.15, 0.2) is 0 Å². The summed E-state index contributed by atoms with van der Waals surface area (Å²) in [7, 11) is 1.67. The number of rotatable bonds is 6. The number of nitrogens with one attached hydrogen (secondary N) is 1. The number of methoxy groups -OCH3 is 1. The molecule has 1 atom stereocenters. The SMILES string of the molecule is CCNC(Cn1ncc(Cl)c1C)c1ccc(OC)cc1. The lowest BCUT2D eigenvalue weighted by Gasteiger charge is -2.19. The number of nitrogens with zero attached hydrogens (tertiary/aromatic N) is 2. The van der Waals surface area contributed by atoms with Gasteiger partial charge in [-0.1, -0.05) is 30.7 Å². The predicted molar refractivity (Wildman–Crippen MR) is 81.4 cm³/mol. The molecule has 4 nitrogen and oxygen atoms in total. The Bertz CT molecular complexity index is 551. The van der Waals surface area contributed by atoms with Crippen molar-refractivity contribution in [2.75, 3.05) is 13.7 Å². The van der Waals surface area contributed by atoms with E-state index in [9.17, 15) is 0 Å². The fourth-order valence-corrected chi connectivity index (χ4v) is 2.29. The van der Waals surface area contributed by atoms with Gasteiger partial charge in [-0.3, -0.25) is 4.68 Å². The number of likely N-dealkylation sites (N-methyl/N-ethyl adjacent to an activating group) is 1. The highest BCUT2D eigenvalue weighted by Gasteiger charge is 2.14. The lowest BCUT2D eigenvalue weighted by Crippen LogP contribution is -2.26. The lowest BCUT2D eigenvalue weighted by molar-refractivity contribution is 0.413. The van der Waals surface area contributed by atoms with Crippen LogP contribution >= 0.6 is 11.6 Å². The summed E-state index contributed by atoms with van der Waals surface area (Å²) in [4.78, 5) is 0. The van der Waals surface area contributed by atoms with E-state index in [1.165, 1.54) is 5.56 Å². The number of ether oxygens (including phenoxy) is 1. The Morgan fingerprint density at radius 2 is 2.05 bits per heavy atom. The molecule has 0 aliphatic carbocycles. The third-order valence-electron chi connectivity index (χ3n) is 3.37. The molecule has 1 N–H and O–H groups in total. The molecular weight excluding hydrogens is 274 g/mol. The number of halogens is 1. The molecule has 0 spiro atoms. The summed E-state index contributed by atoms with van der Waals surface area (Å²) >= 11 is 6.06. The summed E-state index contributed by atoms with van der Waals surface area (Å²) in [6.07, 6.45) is 1.69. The van der Waals surface area contributed by atoms with Crippen LogP contribution in [0.3, 0.4) is 0 Å². The van der Waals surface area contributed by atoms with Crippen molar-refractivity contribution in [2.45, 2.75) is 26.4 Å². The van der Waals surface area contributed by atoms with Crippen LogP contribution in [0.5, 0.6) is 5.75 Å². The average molecular weight is 294 g/mol. The van der Waals surface area contributed by atoms with Crippen molar-refractivity contribution in [2.24, 2.45) is 0 Å². The van der Waals surface area contributed by atoms with Crippen LogP contribution < -0.4 is 10.1 Å². The maximum Gasteiger partial charge on any atom is 0.118 e. The Balaban J connectivity index is 2.19. The highest BCUT2D eigenvalue weighted by atomic mass is 35.5. The average Bonchev–Trinajstić information content (AvgIpc) is 2.79. The number of hydrogen-bond donors (Lipinski definition) is 1. The summed E-state index contributed by atoms with van der Waals surface area (Å²) in [5.41, 5.74) is 2.20. The quantitative estimate of drug-likeness (QED) is 0.889. The second-order valence-corrected chi connectivity index (χ2v) is 5.05. The zero-order valence-electron chi connectivity index (χ0n) is 12.1. The molecule has 20 heavy (non-hydrogen) atoms. The summed E-state index contributed by atoms with van der Waals surface area (Å²) in [6.45, 7) is 5.72. The fourth-order valence-electron chi connectivity index (χ4n) is 2.15. The number of aromatic nitrogens is 2. The van der Waals surface area contributed by atoms with Gasteiger partial charge < -0.3 is 10.1 Å². The summed E-state index contributed by atoms with van der Waals surface area (Å²) in [5.74, 6) is 0.863. The van der Waals surface area contributed by atoms with E-state index in [2.05, 4.69) is 29.5 Å². The van der Waals surface area contributed by atoms with E-state index >= 15 is 0 Å². The Morgan fingerprint density at radius 1 is 1.35 bits per heavy atom. The number of benzene rings is 1. The largest absolute Gasteiger partial charge is 0.497 e. The second-order valence-electron chi connectivity index (χ2n) is 4.64. The first-order valence-electron chi connectivity index (χ1n) is 6.71. The van der Waals surface area contributed by atoms with E-state index in [0.717, 1.165) is 24.5 Å². The van der Waals surface area contributed by atoms with Crippen molar-refractivity contribution >= 4 is 11.6 Å². The molecule has 108 valence electrons. The summed E-state index contributed by atoms with van der Waals surface area (Å²) in [6, 6.07) is 8.30. The summed E-state index contributed by atoms with van der Waals surface area (Å²) < 4.78 is 7.12. The second kappa shape index (κ2) is 6.77. The van der Waals surface area contributed by atoms with Gasteiger partial charge in [-0.2, -0.15) is 5.10 Å². The van der Waals surface area contributed by atoms with Crippen molar-refractivity contribution in [3.05, 3.63) is 46.7 Å². The molecule has 0 aliphatic heterocycles. The predicted octanol–water partition coefficient (Wildman–Crippen LogP) is 3.20. The van der Waals surface area contributed by atoms with Crippen LogP contribution in [0.1, 0.15) is 24.2 Å². The van der Waals surface area contributed by atoms with E-state index in [-0.39, 0.29) is 6.04 Å². The smallest absolute Gasteiger partial charge is 0.118 e. The van der Waals surface area contributed by atoms with E-state index in [0.29, 0.717) is 5.02 Å². The number of hydrogen-bond acceptors (Lipinski definition) is 3. The molecule has 1 aromatic carbocycles. The zero-order chi connectivity index (χ0) is 14.5. The Hall–Kier alpha value is -1.52. The van der Waals surface area contributed by atoms with Crippen molar-refractivity contribution in [3.8, 4) is 5.75 Å². The van der Waals surface area contributed by atoms with Crippen LogP contribution in [-0.4, -0.2) is 23.4 Å². The molecule has 0 radical (unpaired) electrons. The molecule has 2 aromatic rings. The lowest BCUT2D eigenvalue weighted by atomic mass is 10.1. The monoisotopic (exact) mass is 293 g/mol. The van der Waals surface area contributed by atoms with Gasteiger partial charge in [0, 0.05) is 0 Å². The first-order chi connectivity index (χ1) is 9.65. The minimum atomic E-state index is 0.195. The summed E-state index contributed by atoms with van der Waals surface area (Å²) in [5, 5.41) is 8.50. The molecule has 0 amide bonds. The minimum Gasteiger partial charge on any atom is -0.497 e. The van der Waals surface area contributed by atoms with Crippen molar-refractivity contribution in [1.82, 2.24) is 15.1 Å². The molecule has 0 bridgehead atoms. The van der Waals surface area contributed by atoms with Gasteiger partial charge in [-0.15, -0.1) is 0 Å². The van der Waals surface area contributed by atoms with Gasteiger partial charge in [0.2, 0.25) is 0 Å². The van der Waals surface area contributed by atoms with E-state index in [1.807, 2.05) is 23.7 Å². The van der Waals surface area contributed by atoms with Gasteiger partial charge in [0.25, 0.3) is 0 Å². The van der Waals surface area contributed by atoms with Crippen LogP contribution in [0.15, 0.2) is 30.5 Å². The maximum absolute atomic E-state index is 6.06. The molecule has 0 fully saturated rings. The first kappa shape index (κ1) is 14.9. The molecule has 1 heterocycles. The highest BCUT2D eigenvalue weighted by molar-refractivity contribution is 6.31. The van der Waals surface area contributed by atoms with Gasteiger partial charge in [-0.25, -0.2) is 0 Å². The molecule has 1 aromatic heterocycles. The van der Waals surface area contributed by atoms with Crippen molar-refractivity contribution in [3.63, 3.8) is 0 Å². The fraction of sp³-hybridized carbons (Fsp3) is 0.400. The third kappa shape index (κ3) is 3.32. The van der Waals surface area contributed by atoms with E-state index in [4.69, 9.17) is 16.3 Å². The third-order valence-corrected chi connectivity index (χ3v) is 3.74. The van der Waals surface area contributed by atoms with Crippen molar-refractivity contribution in [1.29, 1.82) is 0 Å². The molecular formula is C15H20ClN3O. The Morgan fingerprint density at radius 3 is 2.55 bits per heavy atom. The highest BCUT2D eigenvalue weighted by Crippen LogP contribution is 2.21. The molecule has 5 heteroatoms. The van der Waals surface area contributed by atoms with Gasteiger partial charge in [0.1, 0.15) is 5.75 Å². The van der Waals surface area contributed by atoms with Crippen LogP contribution in [0.2, 0.25) is 5.02 Å². The van der Waals surface area contributed by atoms with Crippen molar-refractivity contribution < 1.29 is 4.74 Å². The standard InChI is InChI=1S/C15H20ClN3O/c1-4-17-15(10-19-11(2)14(16)9-18-19)12-5-7-13(20-3)8-6-12/h5-9,15,17H,4,10H2,1-3H3. The van der Waals surface area contributed by atoms with Gasteiger partial charge >= 0.3 is 0 Å². The van der Waals surface area contributed by atoms with Gasteiger partial charge in [-0.05, 0) is 31.2 Å². The van der Waals surface area contributed by atoms with Crippen LogP contribution in [-0.2, 0) is 6.54 Å².